The smallest absolute Gasteiger partial charge is 0.263 e. The second kappa shape index (κ2) is 5.28. The van der Waals surface area contributed by atoms with Crippen molar-refractivity contribution in [1.29, 1.82) is 0 Å². The highest BCUT2D eigenvalue weighted by atomic mass is 16.5. The van der Waals surface area contributed by atoms with E-state index >= 15 is 0 Å². The van der Waals surface area contributed by atoms with Crippen LogP contribution in [-0.4, -0.2) is 27.0 Å². The zero-order valence-electron chi connectivity index (χ0n) is 11.8. The summed E-state index contributed by atoms with van der Waals surface area (Å²) >= 11 is 0. The highest BCUT2D eigenvalue weighted by molar-refractivity contribution is 5.66. The van der Waals surface area contributed by atoms with Crippen LogP contribution < -0.4 is 10.5 Å². The Kier molecular flexibility index (Phi) is 3.31. The fourth-order valence-corrected chi connectivity index (χ4v) is 2.01. The standard InChI is InChI=1S/C14H15N5O2/c1-19-13(15)11(8-16-19)14-17-12(18-21-14)7-9-4-3-5-10(6-9)20-2/h3-6,8H,7,15H2,1-2H3. The maximum atomic E-state index is 5.89. The maximum absolute atomic E-state index is 5.89. The Balaban J connectivity index is 1.83. The number of benzene rings is 1. The molecule has 0 fully saturated rings. The number of nitrogens with zero attached hydrogens (tertiary/aromatic N) is 4. The summed E-state index contributed by atoms with van der Waals surface area (Å²) < 4.78 is 12.0. The van der Waals surface area contributed by atoms with Gasteiger partial charge in [0.15, 0.2) is 5.82 Å². The van der Waals surface area contributed by atoms with Crippen molar-refractivity contribution >= 4 is 5.82 Å². The molecular formula is C14H15N5O2. The van der Waals surface area contributed by atoms with Crippen LogP contribution in [0.4, 0.5) is 5.82 Å². The van der Waals surface area contributed by atoms with E-state index in [1.807, 2.05) is 24.3 Å². The molecule has 1 aromatic carbocycles. The number of ether oxygens (including phenoxy) is 1. The van der Waals surface area contributed by atoms with Crippen molar-refractivity contribution in [2.45, 2.75) is 6.42 Å². The monoisotopic (exact) mass is 285 g/mol. The van der Waals surface area contributed by atoms with Gasteiger partial charge < -0.3 is 15.0 Å². The van der Waals surface area contributed by atoms with Gasteiger partial charge in [-0.25, -0.2) is 0 Å². The second-order valence-electron chi connectivity index (χ2n) is 4.61. The summed E-state index contributed by atoms with van der Waals surface area (Å²) in [6, 6.07) is 7.74. The van der Waals surface area contributed by atoms with Crippen LogP contribution in [0.25, 0.3) is 11.5 Å². The van der Waals surface area contributed by atoms with Crippen molar-refractivity contribution in [1.82, 2.24) is 19.9 Å². The molecule has 0 radical (unpaired) electrons. The lowest BCUT2D eigenvalue weighted by atomic mass is 10.1. The Labute approximate surface area is 121 Å². The molecule has 2 aromatic heterocycles. The molecule has 3 rings (SSSR count). The third kappa shape index (κ3) is 2.58. The highest BCUT2D eigenvalue weighted by Gasteiger charge is 2.15. The number of nitrogen functional groups attached to an aromatic ring is 1. The van der Waals surface area contributed by atoms with Gasteiger partial charge in [0.25, 0.3) is 5.89 Å². The molecule has 2 N–H and O–H groups in total. The molecule has 0 amide bonds. The van der Waals surface area contributed by atoms with Crippen LogP contribution >= 0.6 is 0 Å². The summed E-state index contributed by atoms with van der Waals surface area (Å²) in [7, 11) is 3.39. The molecule has 0 saturated carbocycles. The van der Waals surface area contributed by atoms with Gasteiger partial charge in [0, 0.05) is 13.5 Å². The van der Waals surface area contributed by atoms with E-state index in [9.17, 15) is 0 Å². The molecule has 0 aliphatic heterocycles. The van der Waals surface area contributed by atoms with Gasteiger partial charge in [0.2, 0.25) is 0 Å². The molecule has 2 heterocycles. The number of methoxy groups -OCH3 is 1. The van der Waals surface area contributed by atoms with Gasteiger partial charge >= 0.3 is 0 Å². The maximum Gasteiger partial charge on any atom is 0.263 e. The van der Waals surface area contributed by atoms with E-state index in [0.29, 0.717) is 29.5 Å². The molecule has 0 spiro atoms. The van der Waals surface area contributed by atoms with Crippen LogP contribution in [0.3, 0.4) is 0 Å². The van der Waals surface area contributed by atoms with E-state index in [2.05, 4.69) is 15.2 Å². The molecule has 21 heavy (non-hydrogen) atoms. The minimum atomic E-state index is 0.374. The summed E-state index contributed by atoms with van der Waals surface area (Å²) in [5, 5.41) is 8.03. The molecular weight excluding hydrogens is 270 g/mol. The summed E-state index contributed by atoms with van der Waals surface area (Å²) in [4.78, 5) is 4.35. The molecule has 0 atom stereocenters. The predicted octanol–water partition coefficient (Wildman–Crippen LogP) is 1.65. The van der Waals surface area contributed by atoms with Crippen molar-refractivity contribution < 1.29 is 9.26 Å². The second-order valence-corrected chi connectivity index (χ2v) is 4.61. The number of nitrogens with two attached hydrogens (primary N) is 1. The first-order valence-corrected chi connectivity index (χ1v) is 6.40. The van der Waals surface area contributed by atoms with Crippen molar-refractivity contribution in [2.24, 2.45) is 7.05 Å². The minimum absolute atomic E-state index is 0.374. The van der Waals surface area contributed by atoms with Gasteiger partial charge in [-0.1, -0.05) is 17.3 Å². The third-order valence-electron chi connectivity index (χ3n) is 3.18. The third-order valence-corrected chi connectivity index (χ3v) is 3.18. The first-order valence-electron chi connectivity index (χ1n) is 6.40. The van der Waals surface area contributed by atoms with Crippen LogP contribution in [0, 0.1) is 0 Å². The van der Waals surface area contributed by atoms with E-state index in [0.717, 1.165) is 11.3 Å². The van der Waals surface area contributed by atoms with Crippen LogP contribution in [0.2, 0.25) is 0 Å². The van der Waals surface area contributed by atoms with Crippen molar-refractivity contribution in [3.05, 3.63) is 41.9 Å². The Morgan fingerprint density at radius 1 is 1.38 bits per heavy atom. The van der Waals surface area contributed by atoms with E-state index in [1.165, 1.54) is 0 Å². The van der Waals surface area contributed by atoms with E-state index in [1.54, 1.807) is 25.0 Å². The van der Waals surface area contributed by atoms with E-state index < -0.39 is 0 Å². The number of hydrogen-bond donors (Lipinski definition) is 1. The van der Waals surface area contributed by atoms with E-state index in [4.69, 9.17) is 15.0 Å². The van der Waals surface area contributed by atoms with Crippen molar-refractivity contribution in [3.8, 4) is 17.2 Å². The Bertz CT molecular complexity index is 762. The van der Waals surface area contributed by atoms with Gasteiger partial charge in [-0.05, 0) is 17.7 Å². The normalized spacial score (nSPS) is 10.8. The first kappa shape index (κ1) is 13.2. The largest absolute Gasteiger partial charge is 0.497 e. The molecule has 108 valence electrons. The number of aryl methyl sites for hydroxylation is 1. The summed E-state index contributed by atoms with van der Waals surface area (Å²) in [5.74, 6) is 2.25. The zero-order chi connectivity index (χ0) is 14.8. The lowest BCUT2D eigenvalue weighted by Crippen LogP contribution is -1.98. The lowest BCUT2D eigenvalue weighted by molar-refractivity contribution is 0.414. The minimum Gasteiger partial charge on any atom is -0.497 e. The summed E-state index contributed by atoms with van der Waals surface area (Å²) in [5.41, 5.74) is 7.57. The van der Waals surface area contributed by atoms with Crippen molar-refractivity contribution in [2.75, 3.05) is 12.8 Å². The first-order chi connectivity index (χ1) is 10.2. The average Bonchev–Trinajstić information content (AvgIpc) is 3.07. The van der Waals surface area contributed by atoms with Crippen LogP contribution in [0.15, 0.2) is 35.0 Å². The number of hydrogen-bond acceptors (Lipinski definition) is 6. The molecule has 0 saturated heterocycles. The lowest BCUT2D eigenvalue weighted by Gasteiger charge is -2.01. The molecule has 0 aliphatic carbocycles. The molecule has 7 heteroatoms. The Morgan fingerprint density at radius 3 is 2.95 bits per heavy atom. The van der Waals surface area contributed by atoms with Gasteiger partial charge in [-0.3, -0.25) is 4.68 Å². The van der Waals surface area contributed by atoms with E-state index in [-0.39, 0.29) is 0 Å². The SMILES string of the molecule is COc1cccc(Cc2noc(-c3cnn(C)c3N)n2)c1. The number of anilines is 1. The topological polar surface area (TPSA) is 92.0 Å². The fourth-order valence-electron chi connectivity index (χ4n) is 2.01. The number of rotatable bonds is 4. The van der Waals surface area contributed by atoms with Crippen LogP contribution in [-0.2, 0) is 13.5 Å². The van der Waals surface area contributed by atoms with Gasteiger partial charge in [-0.15, -0.1) is 0 Å². The number of aromatic nitrogens is 4. The van der Waals surface area contributed by atoms with Crippen molar-refractivity contribution in [3.63, 3.8) is 0 Å². The molecule has 0 bridgehead atoms. The molecule has 0 unspecified atom stereocenters. The summed E-state index contributed by atoms with van der Waals surface area (Å²) in [6.07, 6.45) is 2.17. The predicted molar refractivity (Wildman–Crippen MR) is 76.7 cm³/mol. The van der Waals surface area contributed by atoms with Gasteiger partial charge in [0.05, 0.1) is 13.3 Å². The Hall–Kier alpha value is -2.83. The molecule has 3 aromatic rings. The Morgan fingerprint density at radius 2 is 2.24 bits per heavy atom. The molecule has 0 aliphatic rings. The highest BCUT2D eigenvalue weighted by Crippen LogP contribution is 2.23. The summed E-state index contributed by atoms with van der Waals surface area (Å²) in [6.45, 7) is 0. The molecule has 7 nitrogen and oxygen atoms in total. The van der Waals surface area contributed by atoms with Crippen LogP contribution in [0.1, 0.15) is 11.4 Å². The zero-order valence-corrected chi connectivity index (χ0v) is 11.8. The van der Waals surface area contributed by atoms with Gasteiger partial charge in [0.1, 0.15) is 17.1 Å². The van der Waals surface area contributed by atoms with Gasteiger partial charge in [-0.2, -0.15) is 10.1 Å². The van der Waals surface area contributed by atoms with Crippen LogP contribution in [0.5, 0.6) is 5.75 Å². The fraction of sp³-hybridized carbons (Fsp3) is 0.214. The quantitative estimate of drug-likeness (QED) is 0.783. The average molecular weight is 285 g/mol.